The molecule has 0 atom stereocenters. The minimum Gasteiger partial charge on any atom is -0.337 e. The van der Waals surface area contributed by atoms with Crippen molar-refractivity contribution in [3.05, 3.63) is 28.2 Å². The Bertz CT molecular complexity index is 596. The summed E-state index contributed by atoms with van der Waals surface area (Å²) in [5.41, 5.74) is 0.479. The molecular formula is C13H14Cl2N4O. The number of hydrogen-bond donors (Lipinski definition) is 1. The van der Waals surface area contributed by atoms with E-state index in [1.165, 1.54) is 31.9 Å². The number of aromatic nitrogens is 3. The lowest BCUT2D eigenvalue weighted by molar-refractivity contribution is 0.357. The van der Waals surface area contributed by atoms with Gasteiger partial charge in [-0.15, -0.1) is 0 Å². The standard InChI is InChI=1S/C13H14Cl2N4O/c14-8-5-10(15)12(17-6-8)13-18-11(20-19-13)7-16-9-3-1-2-4-9/h5-6,9,16H,1-4,7H2. The minimum atomic E-state index is 0.384. The quantitative estimate of drug-likeness (QED) is 0.936. The first-order valence-corrected chi connectivity index (χ1v) is 7.35. The zero-order chi connectivity index (χ0) is 13.9. The van der Waals surface area contributed by atoms with Crippen LogP contribution >= 0.6 is 23.2 Å². The summed E-state index contributed by atoms with van der Waals surface area (Å²) in [6.07, 6.45) is 6.51. The topological polar surface area (TPSA) is 63.8 Å². The molecule has 1 aliphatic rings. The molecule has 0 radical (unpaired) electrons. The van der Waals surface area contributed by atoms with Crippen molar-refractivity contribution in [2.45, 2.75) is 38.3 Å². The first kappa shape index (κ1) is 13.8. The van der Waals surface area contributed by atoms with Crippen LogP contribution in [-0.2, 0) is 6.54 Å². The Kier molecular flexibility index (Phi) is 4.19. The van der Waals surface area contributed by atoms with Gasteiger partial charge in [-0.1, -0.05) is 41.2 Å². The summed E-state index contributed by atoms with van der Waals surface area (Å²) in [6, 6.07) is 2.17. The molecule has 2 aromatic rings. The molecule has 1 saturated carbocycles. The van der Waals surface area contributed by atoms with E-state index in [1.54, 1.807) is 6.07 Å². The van der Waals surface area contributed by atoms with Crippen LogP contribution in [0.4, 0.5) is 0 Å². The van der Waals surface area contributed by atoms with Crippen LogP contribution in [0.3, 0.4) is 0 Å². The van der Waals surface area contributed by atoms with Gasteiger partial charge in [0.1, 0.15) is 5.69 Å². The molecule has 0 aromatic carbocycles. The van der Waals surface area contributed by atoms with Gasteiger partial charge in [0.25, 0.3) is 0 Å². The van der Waals surface area contributed by atoms with Crippen LogP contribution in [-0.4, -0.2) is 21.2 Å². The molecule has 5 nitrogen and oxygen atoms in total. The van der Waals surface area contributed by atoms with E-state index in [0.717, 1.165) is 0 Å². The van der Waals surface area contributed by atoms with Gasteiger partial charge < -0.3 is 9.84 Å². The number of pyridine rings is 1. The van der Waals surface area contributed by atoms with Gasteiger partial charge in [0.2, 0.25) is 11.7 Å². The average Bonchev–Trinajstić information content (AvgIpc) is 3.07. The molecule has 106 valence electrons. The summed E-state index contributed by atoms with van der Waals surface area (Å²) in [7, 11) is 0. The Morgan fingerprint density at radius 3 is 2.85 bits per heavy atom. The van der Waals surface area contributed by atoms with Crippen molar-refractivity contribution in [2.24, 2.45) is 0 Å². The Morgan fingerprint density at radius 1 is 1.30 bits per heavy atom. The van der Waals surface area contributed by atoms with Crippen LogP contribution in [0.2, 0.25) is 10.0 Å². The Morgan fingerprint density at radius 2 is 2.10 bits per heavy atom. The zero-order valence-corrected chi connectivity index (χ0v) is 12.3. The summed E-state index contributed by atoms with van der Waals surface area (Å²) >= 11 is 11.9. The average molecular weight is 313 g/mol. The van der Waals surface area contributed by atoms with Crippen molar-refractivity contribution in [3.8, 4) is 11.5 Å². The van der Waals surface area contributed by atoms with E-state index in [1.807, 2.05) is 0 Å². The minimum absolute atomic E-state index is 0.384. The largest absolute Gasteiger partial charge is 0.337 e. The second-order valence-electron chi connectivity index (χ2n) is 4.86. The van der Waals surface area contributed by atoms with E-state index in [4.69, 9.17) is 27.7 Å². The SMILES string of the molecule is Clc1cnc(-c2noc(CNC3CCCC3)n2)c(Cl)c1. The summed E-state index contributed by atoms with van der Waals surface area (Å²) in [6.45, 7) is 0.572. The van der Waals surface area contributed by atoms with Crippen molar-refractivity contribution in [2.75, 3.05) is 0 Å². The molecule has 0 bridgehead atoms. The van der Waals surface area contributed by atoms with Crippen LogP contribution in [0.15, 0.2) is 16.8 Å². The van der Waals surface area contributed by atoms with E-state index < -0.39 is 0 Å². The molecule has 0 aliphatic heterocycles. The van der Waals surface area contributed by atoms with E-state index in [2.05, 4.69) is 20.4 Å². The second-order valence-corrected chi connectivity index (χ2v) is 5.70. The lowest BCUT2D eigenvalue weighted by Crippen LogP contribution is -2.25. The van der Waals surface area contributed by atoms with Gasteiger partial charge in [0.15, 0.2) is 0 Å². The van der Waals surface area contributed by atoms with Crippen LogP contribution < -0.4 is 5.32 Å². The molecular weight excluding hydrogens is 299 g/mol. The molecule has 20 heavy (non-hydrogen) atoms. The molecule has 1 aliphatic carbocycles. The van der Waals surface area contributed by atoms with Gasteiger partial charge in [-0.3, -0.25) is 0 Å². The first-order chi connectivity index (χ1) is 9.72. The zero-order valence-electron chi connectivity index (χ0n) is 10.8. The number of rotatable bonds is 4. The first-order valence-electron chi connectivity index (χ1n) is 6.60. The predicted molar refractivity (Wildman–Crippen MR) is 76.6 cm³/mol. The normalized spacial score (nSPS) is 15.9. The Hall–Kier alpha value is -1.17. The number of halogens is 2. The molecule has 0 saturated heterocycles. The summed E-state index contributed by atoms with van der Waals surface area (Å²) in [5, 5.41) is 8.21. The highest BCUT2D eigenvalue weighted by molar-refractivity contribution is 6.35. The van der Waals surface area contributed by atoms with E-state index in [9.17, 15) is 0 Å². The van der Waals surface area contributed by atoms with Crippen molar-refractivity contribution in [1.82, 2.24) is 20.4 Å². The lowest BCUT2D eigenvalue weighted by atomic mass is 10.2. The summed E-state index contributed by atoms with van der Waals surface area (Å²) in [5.74, 6) is 0.926. The molecule has 7 heteroatoms. The maximum Gasteiger partial charge on any atom is 0.240 e. The van der Waals surface area contributed by atoms with Gasteiger partial charge in [0.05, 0.1) is 16.6 Å². The van der Waals surface area contributed by atoms with Crippen LogP contribution in [0.5, 0.6) is 0 Å². The number of hydrogen-bond acceptors (Lipinski definition) is 5. The molecule has 2 aromatic heterocycles. The van der Waals surface area contributed by atoms with Gasteiger partial charge in [-0.05, 0) is 18.9 Å². The molecule has 1 N–H and O–H groups in total. The predicted octanol–water partition coefficient (Wildman–Crippen LogP) is 3.47. The van der Waals surface area contributed by atoms with Crippen LogP contribution in [0.1, 0.15) is 31.6 Å². The Labute approximate surface area is 126 Å². The van der Waals surface area contributed by atoms with Gasteiger partial charge in [-0.2, -0.15) is 4.98 Å². The smallest absolute Gasteiger partial charge is 0.240 e. The van der Waals surface area contributed by atoms with Crippen LogP contribution in [0.25, 0.3) is 11.5 Å². The van der Waals surface area contributed by atoms with E-state index in [-0.39, 0.29) is 0 Å². The number of nitrogens with one attached hydrogen (secondary N) is 1. The number of nitrogens with zero attached hydrogens (tertiary/aromatic N) is 3. The molecule has 0 unspecified atom stereocenters. The fourth-order valence-electron chi connectivity index (χ4n) is 2.36. The highest BCUT2D eigenvalue weighted by atomic mass is 35.5. The van der Waals surface area contributed by atoms with Crippen LogP contribution in [0, 0.1) is 0 Å². The van der Waals surface area contributed by atoms with Crippen molar-refractivity contribution < 1.29 is 4.52 Å². The molecule has 0 amide bonds. The summed E-state index contributed by atoms with van der Waals surface area (Å²) < 4.78 is 5.21. The third kappa shape index (κ3) is 3.11. The molecule has 0 spiro atoms. The monoisotopic (exact) mass is 312 g/mol. The van der Waals surface area contributed by atoms with Crippen molar-refractivity contribution >= 4 is 23.2 Å². The third-order valence-electron chi connectivity index (χ3n) is 3.38. The van der Waals surface area contributed by atoms with E-state index >= 15 is 0 Å². The van der Waals surface area contributed by atoms with Gasteiger partial charge in [0, 0.05) is 12.2 Å². The second kappa shape index (κ2) is 6.08. The highest BCUT2D eigenvalue weighted by Crippen LogP contribution is 2.25. The summed E-state index contributed by atoms with van der Waals surface area (Å²) in [4.78, 5) is 8.43. The fraction of sp³-hybridized carbons (Fsp3) is 0.462. The van der Waals surface area contributed by atoms with Gasteiger partial charge in [-0.25, -0.2) is 4.98 Å². The molecule has 2 heterocycles. The van der Waals surface area contributed by atoms with Gasteiger partial charge >= 0.3 is 0 Å². The van der Waals surface area contributed by atoms with E-state index in [0.29, 0.717) is 40.0 Å². The fourth-order valence-corrected chi connectivity index (χ4v) is 2.83. The molecule has 3 rings (SSSR count). The molecule has 1 fully saturated rings. The maximum atomic E-state index is 6.07. The van der Waals surface area contributed by atoms with Crippen molar-refractivity contribution in [3.63, 3.8) is 0 Å². The Balaban J connectivity index is 1.69. The highest BCUT2D eigenvalue weighted by Gasteiger charge is 2.17. The third-order valence-corrected chi connectivity index (χ3v) is 3.88. The lowest BCUT2D eigenvalue weighted by Gasteiger charge is -2.08. The maximum absolute atomic E-state index is 6.07. The van der Waals surface area contributed by atoms with Crippen molar-refractivity contribution in [1.29, 1.82) is 0 Å².